The summed E-state index contributed by atoms with van der Waals surface area (Å²) in [5.74, 6) is 0.618. The quantitative estimate of drug-likeness (QED) is 0.344. The second-order valence-electron chi connectivity index (χ2n) is 9.77. The highest BCUT2D eigenvalue weighted by atomic mass is 32.1. The molecule has 0 radical (unpaired) electrons. The second-order valence-corrected chi connectivity index (χ2v) is 10.9. The van der Waals surface area contributed by atoms with E-state index in [0.29, 0.717) is 17.4 Å². The number of carbonyl (C=O) groups is 1. The minimum atomic E-state index is -0.260. The molecule has 1 amide bonds. The zero-order valence-electron chi connectivity index (χ0n) is 20.1. The second kappa shape index (κ2) is 9.47. The summed E-state index contributed by atoms with van der Waals surface area (Å²) in [7, 11) is 0. The van der Waals surface area contributed by atoms with Crippen LogP contribution in [-0.4, -0.2) is 22.2 Å². The van der Waals surface area contributed by atoms with E-state index in [9.17, 15) is 9.90 Å². The number of allylic oxidation sites excluding steroid dienone is 2. The summed E-state index contributed by atoms with van der Waals surface area (Å²) in [6.45, 7) is 13.0. The third-order valence-corrected chi connectivity index (χ3v) is 7.65. The number of fused-ring (bicyclic) bond motifs is 1. The van der Waals surface area contributed by atoms with Gasteiger partial charge in [-0.25, -0.2) is 4.99 Å². The SMILES string of the molecule is C=C(/N=C\C1=C(C(C)C(C)(C)C)c2cc(-c3cccc(O)c3)sc2CC1)NC(=O)c1ccc[nH]1. The van der Waals surface area contributed by atoms with Crippen molar-refractivity contribution in [2.24, 2.45) is 16.3 Å². The molecule has 0 bridgehead atoms. The van der Waals surface area contributed by atoms with Gasteiger partial charge in [0.15, 0.2) is 0 Å². The van der Waals surface area contributed by atoms with Gasteiger partial charge in [-0.05, 0) is 76.8 Å². The number of thiophene rings is 1. The average Bonchev–Trinajstić information content (AvgIpc) is 3.46. The number of benzene rings is 1. The molecule has 0 saturated carbocycles. The first-order chi connectivity index (χ1) is 16.1. The lowest BCUT2D eigenvalue weighted by molar-refractivity contribution is 0.0961. The van der Waals surface area contributed by atoms with Crippen LogP contribution in [0.4, 0.5) is 0 Å². The molecule has 2 aromatic heterocycles. The molecule has 4 rings (SSSR count). The Morgan fingerprint density at radius 2 is 2.03 bits per heavy atom. The molecule has 0 saturated heterocycles. The van der Waals surface area contributed by atoms with E-state index in [-0.39, 0.29) is 17.1 Å². The van der Waals surface area contributed by atoms with Crippen molar-refractivity contribution in [3.8, 4) is 16.2 Å². The van der Waals surface area contributed by atoms with Gasteiger partial charge in [0.2, 0.25) is 0 Å². The zero-order chi connectivity index (χ0) is 24.5. The first-order valence-corrected chi connectivity index (χ1v) is 12.3. The molecule has 0 fully saturated rings. The van der Waals surface area contributed by atoms with Crippen LogP contribution >= 0.6 is 11.3 Å². The molecule has 0 spiro atoms. The summed E-state index contributed by atoms with van der Waals surface area (Å²) in [5.41, 5.74) is 5.29. The molecule has 1 aromatic carbocycles. The molecule has 6 heteroatoms. The first-order valence-electron chi connectivity index (χ1n) is 11.5. The van der Waals surface area contributed by atoms with E-state index < -0.39 is 0 Å². The van der Waals surface area contributed by atoms with Gasteiger partial charge in [0.05, 0.1) is 0 Å². The Bertz CT molecular complexity index is 1270. The fraction of sp³-hybridized carbons (Fsp3) is 0.286. The summed E-state index contributed by atoms with van der Waals surface area (Å²) in [6, 6.07) is 13.2. The van der Waals surface area contributed by atoms with Gasteiger partial charge < -0.3 is 15.4 Å². The average molecular weight is 474 g/mol. The maximum atomic E-state index is 12.3. The largest absolute Gasteiger partial charge is 0.508 e. The number of phenolic OH excluding ortho intramolecular Hbond substituents is 1. The van der Waals surface area contributed by atoms with Crippen LogP contribution in [0.3, 0.4) is 0 Å². The Morgan fingerprint density at radius 1 is 1.24 bits per heavy atom. The minimum absolute atomic E-state index is 0.0645. The van der Waals surface area contributed by atoms with Crippen molar-refractivity contribution in [1.82, 2.24) is 10.3 Å². The van der Waals surface area contributed by atoms with Crippen LogP contribution in [0.1, 0.15) is 55.0 Å². The normalized spacial score (nSPS) is 14.8. The number of hydrogen-bond acceptors (Lipinski definition) is 4. The molecule has 176 valence electrons. The fourth-order valence-electron chi connectivity index (χ4n) is 4.14. The lowest BCUT2D eigenvalue weighted by atomic mass is 9.72. The van der Waals surface area contributed by atoms with Gasteiger partial charge in [-0.1, -0.05) is 46.4 Å². The predicted octanol–water partition coefficient (Wildman–Crippen LogP) is 6.80. The van der Waals surface area contributed by atoms with Gasteiger partial charge >= 0.3 is 0 Å². The molecule has 2 heterocycles. The van der Waals surface area contributed by atoms with Gasteiger partial charge in [0, 0.05) is 22.2 Å². The molecule has 1 unspecified atom stereocenters. The number of phenols is 1. The van der Waals surface area contributed by atoms with Crippen molar-refractivity contribution in [2.45, 2.75) is 40.5 Å². The van der Waals surface area contributed by atoms with Crippen LogP contribution in [0, 0.1) is 11.3 Å². The lowest BCUT2D eigenvalue weighted by Crippen LogP contribution is -2.23. The van der Waals surface area contributed by atoms with E-state index in [1.54, 1.807) is 35.7 Å². The Labute approximate surface area is 205 Å². The summed E-state index contributed by atoms with van der Waals surface area (Å²) in [6.07, 6.45) is 5.38. The number of aromatic hydroxyl groups is 1. The van der Waals surface area contributed by atoms with Crippen molar-refractivity contribution in [3.63, 3.8) is 0 Å². The Balaban J connectivity index is 1.68. The number of aliphatic imine (C=N–C) groups is 1. The van der Waals surface area contributed by atoms with Gasteiger partial charge in [0.1, 0.15) is 17.3 Å². The van der Waals surface area contributed by atoms with Crippen molar-refractivity contribution < 1.29 is 9.90 Å². The topological polar surface area (TPSA) is 77.5 Å². The number of amides is 1. The monoisotopic (exact) mass is 473 g/mol. The van der Waals surface area contributed by atoms with Crippen LogP contribution in [0.5, 0.6) is 5.75 Å². The van der Waals surface area contributed by atoms with Crippen molar-refractivity contribution >= 4 is 29.0 Å². The van der Waals surface area contributed by atoms with Gasteiger partial charge in [-0.3, -0.25) is 4.79 Å². The number of aromatic amines is 1. The summed E-state index contributed by atoms with van der Waals surface area (Å²) < 4.78 is 0. The molecule has 3 N–H and O–H groups in total. The van der Waals surface area contributed by atoms with E-state index in [4.69, 9.17) is 0 Å². The summed E-state index contributed by atoms with van der Waals surface area (Å²) in [4.78, 5) is 22.2. The maximum absolute atomic E-state index is 12.3. The highest BCUT2D eigenvalue weighted by molar-refractivity contribution is 7.15. The van der Waals surface area contributed by atoms with E-state index in [0.717, 1.165) is 23.3 Å². The predicted molar refractivity (Wildman–Crippen MR) is 141 cm³/mol. The minimum Gasteiger partial charge on any atom is -0.508 e. The smallest absolute Gasteiger partial charge is 0.273 e. The number of hydrogen-bond donors (Lipinski definition) is 3. The first kappa shape index (κ1) is 23.8. The summed E-state index contributed by atoms with van der Waals surface area (Å²) >= 11 is 1.79. The highest BCUT2D eigenvalue weighted by Gasteiger charge is 2.31. The number of aromatic nitrogens is 1. The summed E-state index contributed by atoms with van der Waals surface area (Å²) in [5, 5.41) is 12.7. The van der Waals surface area contributed by atoms with Crippen LogP contribution < -0.4 is 5.32 Å². The van der Waals surface area contributed by atoms with E-state index in [1.165, 1.54) is 21.6 Å². The third-order valence-electron chi connectivity index (χ3n) is 6.41. The van der Waals surface area contributed by atoms with E-state index in [2.05, 4.69) is 55.6 Å². The van der Waals surface area contributed by atoms with Crippen molar-refractivity contribution in [2.75, 3.05) is 0 Å². The maximum Gasteiger partial charge on any atom is 0.273 e. The van der Waals surface area contributed by atoms with Crippen LogP contribution in [-0.2, 0) is 6.42 Å². The lowest BCUT2D eigenvalue weighted by Gasteiger charge is -2.33. The molecule has 5 nitrogen and oxygen atoms in total. The molecule has 1 atom stereocenters. The Morgan fingerprint density at radius 3 is 2.71 bits per heavy atom. The standard InChI is InChI=1S/C28H31N3O2S/c1-17(28(3,4)5)26-20(16-30-18(2)31-27(33)23-10-7-13-29-23)11-12-24-22(26)15-25(34-24)19-8-6-9-21(32)14-19/h6-10,13-17,29,32H,2,11-12H2,1,3-5H3,(H,31,33)/b30-16-. The molecule has 0 aliphatic heterocycles. The van der Waals surface area contributed by atoms with Gasteiger partial charge in [0.25, 0.3) is 5.91 Å². The van der Waals surface area contributed by atoms with Crippen molar-refractivity contribution in [3.05, 3.63) is 82.8 Å². The number of nitrogens with zero attached hydrogens (tertiary/aromatic N) is 1. The Hall–Kier alpha value is -3.38. The zero-order valence-corrected chi connectivity index (χ0v) is 20.9. The van der Waals surface area contributed by atoms with Crippen LogP contribution in [0.2, 0.25) is 0 Å². The Kier molecular flexibility index (Phi) is 6.62. The number of carbonyl (C=O) groups excluding carboxylic acids is 1. The molecule has 1 aliphatic carbocycles. The number of rotatable bonds is 6. The highest BCUT2D eigenvalue weighted by Crippen LogP contribution is 2.47. The molecule has 34 heavy (non-hydrogen) atoms. The fourth-order valence-corrected chi connectivity index (χ4v) is 5.31. The number of nitrogens with one attached hydrogen (secondary N) is 2. The number of H-pyrrole nitrogens is 1. The molecular formula is C28H31N3O2S. The van der Waals surface area contributed by atoms with Gasteiger partial charge in [-0.2, -0.15) is 0 Å². The van der Waals surface area contributed by atoms with E-state index in [1.807, 2.05) is 24.4 Å². The molecule has 1 aliphatic rings. The molecule has 3 aromatic rings. The van der Waals surface area contributed by atoms with Gasteiger partial charge in [-0.15, -0.1) is 11.3 Å². The number of aryl methyl sites for hydroxylation is 1. The molecular weight excluding hydrogens is 442 g/mol. The third kappa shape index (κ3) is 5.07. The van der Waals surface area contributed by atoms with Crippen LogP contribution in [0.15, 0.2) is 71.6 Å². The van der Waals surface area contributed by atoms with Crippen LogP contribution in [0.25, 0.3) is 16.0 Å². The van der Waals surface area contributed by atoms with E-state index >= 15 is 0 Å². The van der Waals surface area contributed by atoms with Crippen molar-refractivity contribution in [1.29, 1.82) is 0 Å².